The molecular weight excluding hydrogens is 378 g/mol. The maximum absolute atomic E-state index is 12.4. The van der Waals surface area contributed by atoms with E-state index in [-0.39, 0.29) is 5.91 Å². The van der Waals surface area contributed by atoms with Crippen molar-refractivity contribution in [3.8, 4) is 17.2 Å². The molecule has 3 aromatic rings. The third-order valence-corrected chi connectivity index (χ3v) is 4.64. The molecular formula is C25H27NO4. The molecule has 0 fully saturated rings. The molecule has 0 heterocycles. The lowest BCUT2D eigenvalue weighted by molar-refractivity contribution is -0.127. The Morgan fingerprint density at radius 3 is 2.37 bits per heavy atom. The van der Waals surface area contributed by atoms with Gasteiger partial charge in [-0.05, 0) is 49.2 Å². The van der Waals surface area contributed by atoms with Gasteiger partial charge in [-0.3, -0.25) is 4.79 Å². The van der Waals surface area contributed by atoms with Crippen molar-refractivity contribution in [2.24, 2.45) is 0 Å². The van der Waals surface area contributed by atoms with Crippen LogP contribution in [0.1, 0.15) is 23.6 Å². The standard InChI is InChI=1S/C25H27NO4/c1-18-9-12-22(13-10-18)30-19(2)25(27)26-16-21-11-14-23(24(15-21)28-3)29-17-20-7-5-4-6-8-20/h4-15,19H,16-17H2,1-3H3,(H,26,27). The Balaban J connectivity index is 1.54. The van der Waals surface area contributed by atoms with E-state index in [4.69, 9.17) is 14.2 Å². The Morgan fingerprint density at radius 2 is 1.67 bits per heavy atom. The van der Waals surface area contributed by atoms with E-state index in [1.54, 1.807) is 14.0 Å². The molecule has 3 aromatic carbocycles. The first-order valence-corrected chi connectivity index (χ1v) is 9.90. The van der Waals surface area contributed by atoms with Crippen molar-refractivity contribution in [2.75, 3.05) is 7.11 Å². The summed E-state index contributed by atoms with van der Waals surface area (Å²) in [6.07, 6.45) is -0.594. The number of benzene rings is 3. The van der Waals surface area contributed by atoms with Gasteiger partial charge in [0.05, 0.1) is 7.11 Å². The van der Waals surface area contributed by atoms with E-state index in [0.29, 0.717) is 30.4 Å². The second-order valence-corrected chi connectivity index (χ2v) is 7.05. The van der Waals surface area contributed by atoms with Crippen molar-refractivity contribution in [3.05, 3.63) is 89.5 Å². The quantitative estimate of drug-likeness (QED) is 0.562. The van der Waals surface area contributed by atoms with E-state index in [2.05, 4.69) is 5.32 Å². The van der Waals surface area contributed by atoms with Crippen LogP contribution >= 0.6 is 0 Å². The number of nitrogens with one attached hydrogen (secondary N) is 1. The van der Waals surface area contributed by atoms with Crippen LogP contribution in [0.2, 0.25) is 0 Å². The van der Waals surface area contributed by atoms with Gasteiger partial charge in [0.2, 0.25) is 0 Å². The second-order valence-electron chi connectivity index (χ2n) is 7.05. The molecule has 0 spiro atoms. The van der Waals surface area contributed by atoms with E-state index >= 15 is 0 Å². The van der Waals surface area contributed by atoms with Gasteiger partial charge >= 0.3 is 0 Å². The predicted molar refractivity (Wildman–Crippen MR) is 117 cm³/mol. The maximum atomic E-state index is 12.4. The van der Waals surface area contributed by atoms with Crippen LogP contribution < -0.4 is 19.5 Å². The van der Waals surface area contributed by atoms with E-state index in [9.17, 15) is 4.79 Å². The van der Waals surface area contributed by atoms with Crippen molar-refractivity contribution >= 4 is 5.91 Å². The number of amides is 1. The summed E-state index contributed by atoms with van der Waals surface area (Å²) in [7, 11) is 1.60. The summed E-state index contributed by atoms with van der Waals surface area (Å²) < 4.78 is 17.0. The fraction of sp³-hybridized carbons (Fsp3) is 0.240. The minimum Gasteiger partial charge on any atom is -0.493 e. The maximum Gasteiger partial charge on any atom is 0.261 e. The molecule has 0 aromatic heterocycles. The molecule has 5 heteroatoms. The smallest absolute Gasteiger partial charge is 0.261 e. The highest BCUT2D eigenvalue weighted by molar-refractivity contribution is 5.80. The molecule has 0 aliphatic rings. The molecule has 0 saturated heterocycles. The number of carbonyl (C=O) groups excluding carboxylic acids is 1. The van der Waals surface area contributed by atoms with Crippen molar-refractivity contribution < 1.29 is 19.0 Å². The molecule has 1 amide bonds. The number of hydrogen-bond acceptors (Lipinski definition) is 4. The Kier molecular flexibility index (Phi) is 7.33. The lowest BCUT2D eigenvalue weighted by Crippen LogP contribution is -2.35. The van der Waals surface area contributed by atoms with Gasteiger partial charge in [-0.25, -0.2) is 0 Å². The predicted octanol–water partition coefficient (Wildman–Crippen LogP) is 4.67. The van der Waals surface area contributed by atoms with E-state index in [1.807, 2.05) is 79.7 Å². The molecule has 1 N–H and O–H groups in total. The van der Waals surface area contributed by atoms with Crippen LogP contribution in [-0.4, -0.2) is 19.1 Å². The SMILES string of the molecule is COc1cc(CNC(=O)C(C)Oc2ccc(C)cc2)ccc1OCc1ccccc1. The second kappa shape index (κ2) is 10.3. The Bertz CT molecular complexity index is 955. The van der Waals surface area contributed by atoms with Crippen LogP contribution in [0.15, 0.2) is 72.8 Å². The fourth-order valence-corrected chi connectivity index (χ4v) is 2.88. The molecule has 1 unspecified atom stereocenters. The van der Waals surface area contributed by atoms with Crippen LogP contribution in [0, 0.1) is 6.92 Å². The van der Waals surface area contributed by atoms with Crippen molar-refractivity contribution in [1.82, 2.24) is 5.32 Å². The van der Waals surface area contributed by atoms with Gasteiger partial charge in [-0.2, -0.15) is 0 Å². The van der Waals surface area contributed by atoms with Crippen LogP contribution in [0.5, 0.6) is 17.2 Å². The Hall–Kier alpha value is -3.47. The first-order valence-electron chi connectivity index (χ1n) is 9.90. The third kappa shape index (κ3) is 6.01. The zero-order chi connectivity index (χ0) is 21.3. The van der Waals surface area contributed by atoms with E-state index in [0.717, 1.165) is 16.7 Å². The molecule has 156 valence electrons. The molecule has 1 atom stereocenters. The molecule has 0 saturated carbocycles. The number of carbonyl (C=O) groups is 1. The van der Waals surface area contributed by atoms with Gasteiger partial charge in [0.25, 0.3) is 5.91 Å². The molecule has 0 radical (unpaired) electrons. The lowest BCUT2D eigenvalue weighted by Gasteiger charge is -2.16. The zero-order valence-corrected chi connectivity index (χ0v) is 17.6. The topological polar surface area (TPSA) is 56.8 Å². The first-order chi connectivity index (χ1) is 14.5. The third-order valence-electron chi connectivity index (χ3n) is 4.64. The molecule has 0 bridgehead atoms. The van der Waals surface area contributed by atoms with Crippen LogP contribution in [0.3, 0.4) is 0 Å². The summed E-state index contributed by atoms with van der Waals surface area (Å²) in [6, 6.07) is 23.2. The van der Waals surface area contributed by atoms with Gasteiger partial charge in [-0.1, -0.05) is 54.1 Å². The van der Waals surface area contributed by atoms with Crippen LogP contribution in [0.4, 0.5) is 0 Å². The summed E-state index contributed by atoms with van der Waals surface area (Å²) in [5, 5.41) is 2.90. The highest BCUT2D eigenvalue weighted by atomic mass is 16.5. The molecule has 0 aliphatic heterocycles. The number of rotatable bonds is 9. The monoisotopic (exact) mass is 405 g/mol. The first kappa shape index (κ1) is 21.2. The van der Waals surface area contributed by atoms with Gasteiger partial charge in [0.1, 0.15) is 12.4 Å². The largest absolute Gasteiger partial charge is 0.493 e. The molecule has 0 aliphatic carbocycles. The lowest BCUT2D eigenvalue weighted by atomic mass is 10.2. The number of ether oxygens (including phenoxy) is 3. The van der Waals surface area contributed by atoms with Gasteiger partial charge in [0, 0.05) is 6.54 Å². The summed E-state index contributed by atoms with van der Waals surface area (Å²) >= 11 is 0. The fourth-order valence-electron chi connectivity index (χ4n) is 2.88. The normalized spacial score (nSPS) is 11.4. The summed E-state index contributed by atoms with van der Waals surface area (Å²) in [6.45, 7) is 4.57. The highest BCUT2D eigenvalue weighted by Crippen LogP contribution is 2.29. The molecule has 3 rings (SSSR count). The van der Waals surface area contributed by atoms with Crippen molar-refractivity contribution in [1.29, 1.82) is 0 Å². The van der Waals surface area contributed by atoms with E-state index in [1.165, 1.54) is 0 Å². The van der Waals surface area contributed by atoms with Gasteiger partial charge in [-0.15, -0.1) is 0 Å². The average Bonchev–Trinajstić information content (AvgIpc) is 2.78. The number of methoxy groups -OCH3 is 1. The Labute approximate surface area is 177 Å². The number of hydrogen-bond donors (Lipinski definition) is 1. The minimum atomic E-state index is -0.594. The summed E-state index contributed by atoms with van der Waals surface area (Å²) in [5.74, 6) is 1.78. The van der Waals surface area contributed by atoms with Gasteiger partial charge in [0.15, 0.2) is 17.6 Å². The van der Waals surface area contributed by atoms with Crippen molar-refractivity contribution in [3.63, 3.8) is 0 Å². The Morgan fingerprint density at radius 1 is 0.933 bits per heavy atom. The molecule has 5 nitrogen and oxygen atoms in total. The number of aryl methyl sites for hydroxylation is 1. The summed E-state index contributed by atoms with van der Waals surface area (Å²) in [5.41, 5.74) is 3.14. The van der Waals surface area contributed by atoms with Crippen LogP contribution in [0.25, 0.3) is 0 Å². The van der Waals surface area contributed by atoms with Crippen LogP contribution in [-0.2, 0) is 17.9 Å². The average molecular weight is 405 g/mol. The van der Waals surface area contributed by atoms with Gasteiger partial charge < -0.3 is 19.5 Å². The molecule has 30 heavy (non-hydrogen) atoms. The minimum absolute atomic E-state index is 0.182. The zero-order valence-electron chi connectivity index (χ0n) is 17.6. The highest BCUT2D eigenvalue weighted by Gasteiger charge is 2.15. The van der Waals surface area contributed by atoms with Crippen molar-refractivity contribution in [2.45, 2.75) is 33.1 Å². The van der Waals surface area contributed by atoms with E-state index < -0.39 is 6.10 Å². The summed E-state index contributed by atoms with van der Waals surface area (Å²) in [4.78, 5) is 12.4.